The molecule has 0 fully saturated rings. The molecule has 0 aliphatic heterocycles. The molecule has 0 bridgehead atoms. The highest BCUT2D eigenvalue weighted by Crippen LogP contribution is 2.27. The Kier molecular flexibility index (Phi) is 18.3. The topological polar surface area (TPSA) is 70.5 Å². The van der Waals surface area contributed by atoms with Crippen molar-refractivity contribution in [3.8, 4) is 11.5 Å². The lowest BCUT2D eigenvalue weighted by atomic mass is 9.86. The molecule has 2 unspecified atom stereocenters. The van der Waals surface area contributed by atoms with Gasteiger partial charge < -0.3 is 20.9 Å². The lowest BCUT2D eigenvalue weighted by molar-refractivity contribution is 0.303. The molecular formula is C48H68N2O2. The second-order valence-corrected chi connectivity index (χ2v) is 15.6. The van der Waals surface area contributed by atoms with Gasteiger partial charge in [-0.1, -0.05) is 175 Å². The number of ether oxygens (including phenoxy) is 2. The Bertz CT molecular complexity index is 1350. The monoisotopic (exact) mass is 705 g/mol. The molecule has 0 aromatic heterocycles. The van der Waals surface area contributed by atoms with Gasteiger partial charge in [-0.15, -0.1) is 0 Å². The molecule has 4 rings (SSSR count). The SMILES string of the molecule is CC(N)(Cc1ccccc1)c1ccc(OCCCCCCCCCCCCCCCCCCOc2ccc(C(C)(N)Cc3ccccc3)cc2)cc1. The van der Waals surface area contributed by atoms with Crippen molar-refractivity contribution in [3.05, 3.63) is 131 Å². The van der Waals surface area contributed by atoms with E-state index in [-0.39, 0.29) is 0 Å². The van der Waals surface area contributed by atoms with Crippen molar-refractivity contribution >= 4 is 0 Å². The molecule has 0 aliphatic carbocycles. The van der Waals surface area contributed by atoms with Crippen molar-refractivity contribution in [3.63, 3.8) is 0 Å². The molecule has 282 valence electrons. The maximum Gasteiger partial charge on any atom is 0.119 e. The first-order chi connectivity index (χ1) is 25.3. The normalized spacial score (nSPS) is 13.7. The van der Waals surface area contributed by atoms with Crippen molar-refractivity contribution in [1.29, 1.82) is 0 Å². The molecule has 0 heterocycles. The van der Waals surface area contributed by atoms with Crippen molar-refractivity contribution in [2.45, 2.75) is 141 Å². The standard InChI is InChI=1S/C48H68N2O2/c1-47(49,39-41-25-19-17-20-26-41)43-29-33-45(34-30-43)51-37-23-15-13-11-9-7-5-3-4-6-8-10-12-14-16-24-38-52-46-35-31-44(32-36-46)48(2,50)40-42-27-21-18-22-28-42/h17-22,25-36H,3-16,23-24,37-40,49-50H2,1-2H3. The zero-order valence-electron chi connectivity index (χ0n) is 32.5. The molecule has 4 N–H and O–H groups in total. The highest BCUT2D eigenvalue weighted by atomic mass is 16.5. The number of hydrogen-bond donors (Lipinski definition) is 2. The molecular weight excluding hydrogens is 637 g/mol. The van der Waals surface area contributed by atoms with E-state index in [2.05, 4.69) is 111 Å². The Balaban J connectivity index is 0.883. The molecule has 2 atom stereocenters. The minimum atomic E-state index is -0.397. The summed E-state index contributed by atoms with van der Waals surface area (Å²) in [6.45, 7) is 5.79. The first-order valence-electron chi connectivity index (χ1n) is 20.4. The molecule has 0 saturated carbocycles. The van der Waals surface area contributed by atoms with Crippen LogP contribution in [-0.2, 0) is 23.9 Å². The number of nitrogens with two attached hydrogens (primary N) is 2. The van der Waals surface area contributed by atoms with Gasteiger partial charge in [0.1, 0.15) is 11.5 Å². The van der Waals surface area contributed by atoms with Gasteiger partial charge in [0, 0.05) is 11.1 Å². The first kappa shape index (κ1) is 41.2. The highest BCUT2D eigenvalue weighted by Gasteiger charge is 2.22. The second kappa shape index (κ2) is 23.1. The summed E-state index contributed by atoms with van der Waals surface area (Å²) in [5.74, 6) is 1.88. The van der Waals surface area contributed by atoms with Gasteiger partial charge in [0.25, 0.3) is 0 Å². The maximum absolute atomic E-state index is 6.66. The fourth-order valence-corrected chi connectivity index (χ4v) is 7.17. The van der Waals surface area contributed by atoms with E-state index in [1.807, 2.05) is 12.1 Å². The average molecular weight is 705 g/mol. The Labute approximate surface area is 316 Å². The summed E-state index contributed by atoms with van der Waals surface area (Å²) in [6, 6.07) is 37.6. The third-order valence-corrected chi connectivity index (χ3v) is 10.4. The number of rotatable bonds is 27. The van der Waals surface area contributed by atoms with Crippen LogP contribution in [0, 0.1) is 0 Å². The summed E-state index contributed by atoms with van der Waals surface area (Å²) in [7, 11) is 0. The zero-order valence-corrected chi connectivity index (χ0v) is 32.5. The minimum absolute atomic E-state index is 0.397. The van der Waals surface area contributed by atoms with E-state index in [0.29, 0.717) is 0 Å². The van der Waals surface area contributed by atoms with Gasteiger partial charge in [0.2, 0.25) is 0 Å². The Morgan fingerprint density at radius 2 is 0.635 bits per heavy atom. The van der Waals surface area contributed by atoms with Crippen LogP contribution in [0.5, 0.6) is 11.5 Å². The van der Waals surface area contributed by atoms with Crippen LogP contribution in [0.25, 0.3) is 0 Å². The second-order valence-electron chi connectivity index (χ2n) is 15.6. The fraction of sp³-hybridized carbons (Fsp3) is 0.500. The van der Waals surface area contributed by atoms with E-state index in [1.165, 1.54) is 101 Å². The Hall–Kier alpha value is -3.60. The van der Waals surface area contributed by atoms with E-state index in [0.717, 1.165) is 61.5 Å². The number of benzene rings is 4. The van der Waals surface area contributed by atoms with Gasteiger partial charge >= 0.3 is 0 Å². The van der Waals surface area contributed by atoms with Gasteiger partial charge in [-0.2, -0.15) is 0 Å². The van der Waals surface area contributed by atoms with Crippen LogP contribution in [0.15, 0.2) is 109 Å². The molecule has 0 saturated heterocycles. The average Bonchev–Trinajstić information content (AvgIpc) is 3.15. The van der Waals surface area contributed by atoms with Crippen LogP contribution in [0.3, 0.4) is 0 Å². The molecule has 0 aliphatic rings. The van der Waals surface area contributed by atoms with E-state index >= 15 is 0 Å². The summed E-state index contributed by atoms with van der Waals surface area (Å²) in [4.78, 5) is 0. The predicted octanol–water partition coefficient (Wildman–Crippen LogP) is 12.2. The van der Waals surface area contributed by atoms with Crippen molar-refractivity contribution in [2.75, 3.05) is 13.2 Å². The third kappa shape index (κ3) is 16.0. The molecule has 0 amide bonds. The number of unbranched alkanes of at least 4 members (excludes halogenated alkanes) is 15. The van der Waals surface area contributed by atoms with E-state index < -0.39 is 11.1 Å². The van der Waals surface area contributed by atoms with Gasteiger partial charge in [-0.05, 0) is 86.1 Å². The lowest BCUT2D eigenvalue weighted by Gasteiger charge is -2.25. The lowest BCUT2D eigenvalue weighted by Crippen LogP contribution is -2.35. The summed E-state index contributed by atoms with van der Waals surface area (Å²) < 4.78 is 12.0. The molecule has 52 heavy (non-hydrogen) atoms. The quantitative estimate of drug-likeness (QED) is 0.0606. The Morgan fingerprint density at radius 3 is 0.923 bits per heavy atom. The molecule has 4 nitrogen and oxygen atoms in total. The van der Waals surface area contributed by atoms with E-state index in [4.69, 9.17) is 20.9 Å². The van der Waals surface area contributed by atoms with Crippen LogP contribution in [0.2, 0.25) is 0 Å². The largest absolute Gasteiger partial charge is 0.494 e. The molecule has 4 aromatic rings. The minimum Gasteiger partial charge on any atom is -0.494 e. The predicted molar refractivity (Wildman–Crippen MR) is 221 cm³/mol. The van der Waals surface area contributed by atoms with Crippen LogP contribution in [0.1, 0.15) is 139 Å². The first-order valence-corrected chi connectivity index (χ1v) is 20.4. The fourth-order valence-electron chi connectivity index (χ4n) is 7.17. The van der Waals surface area contributed by atoms with Crippen LogP contribution in [-0.4, -0.2) is 13.2 Å². The molecule has 4 heteroatoms. The summed E-state index contributed by atoms with van der Waals surface area (Å²) in [5, 5.41) is 0. The van der Waals surface area contributed by atoms with Crippen molar-refractivity contribution < 1.29 is 9.47 Å². The molecule has 0 radical (unpaired) electrons. The molecule has 0 spiro atoms. The zero-order chi connectivity index (χ0) is 36.7. The molecule has 4 aromatic carbocycles. The smallest absolute Gasteiger partial charge is 0.119 e. The van der Waals surface area contributed by atoms with Crippen molar-refractivity contribution in [1.82, 2.24) is 0 Å². The van der Waals surface area contributed by atoms with Crippen LogP contribution >= 0.6 is 0 Å². The third-order valence-electron chi connectivity index (χ3n) is 10.4. The van der Waals surface area contributed by atoms with E-state index in [9.17, 15) is 0 Å². The maximum atomic E-state index is 6.66. The van der Waals surface area contributed by atoms with Gasteiger partial charge in [-0.3, -0.25) is 0 Å². The summed E-state index contributed by atoms with van der Waals surface area (Å²) >= 11 is 0. The van der Waals surface area contributed by atoms with Crippen LogP contribution in [0.4, 0.5) is 0 Å². The van der Waals surface area contributed by atoms with Crippen molar-refractivity contribution in [2.24, 2.45) is 11.5 Å². The van der Waals surface area contributed by atoms with Gasteiger partial charge in [-0.25, -0.2) is 0 Å². The van der Waals surface area contributed by atoms with Crippen LogP contribution < -0.4 is 20.9 Å². The number of hydrogen-bond acceptors (Lipinski definition) is 4. The van der Waals surface area contributed by atoms with Gasteiger partial charge in [0.05, 0.1) is 13.2 Å². The summed E-state index contributed by atoms with van der Waals surface area (Å²) in [6.07, 6.45) is 22.8. The van der Waals surface area contributed by atoms with E-state index in [1.54, 1.807) is 0 Å². The highest BCUT2D eigenvalue weighted by molar-refractivity contribution is 5.34. The Morgan fingerprint density at radius 1 is 0.365 bits per heavy atom. The van der Waals surface area contributed by atoms with Gasteiger partial charge in [0.15, 0.2) is 0 Å². The summed E-state index contributed by atoms with van der Waals surface area (Å²) in [5.41, 5.74) is 17.3.